The third-order valence-electron chi connectivity index (χ3n) is 4.99. The van der Waals surface area contributed by atoms with Crippen LogP contribution in [0.15, 0.2) is 60.8 Å². The van der Waals surface area contributed by atoms with Crippen molar-refractivity contribution in [3.8, 4) is 11.5 Å². The molecule has 4 N–H and O–H groups in total. The van der Waals surface area contributed by atoms with Gasteiger partial charge in [-0.25, -0.2) is 0 Å². The molecule has 1 aliphatic rings. The minimum Gasteiger partial charge on any atom is -0.434 e. The highest BCUT2D eigenvalue weighted by Gasteiger charge is 2.63. The number of aromatic nitrogens is 1. The maximum atomic E-state index is 13.9. The van der Waals surface area contributed by atoms with E-state index in [9.17, 15) is 22.8 Å². The summed E-state index contributed by atoms with van der Waals surface area (Å²) in [6.45, 7) is 0.430. The summed E-state index contributed by atoms with van der Waals surface area (Å²) in [5, 5.41) is 1.86. The van der Waals surface area contributed by atoms with Gasteiger partial charge in [-0.15, -0.1) is 0 Å². The average molecular weight is 507 g/mol. The first-order chi connectivity index (χ1) is 16.6. The van der Waals surface area contributed by atoms with Gasteiger partial charge in [0.2, 0.25) is 0 Å². The molecular formula is C23H18ClF3N4O4. The minimum atomic E-state index is -4.39. The molecule has 1 unspecified atom stereocenters. The zero-order chi connectivity index (χ0) is 25.2. The summed E-state index contributed by atoms with van der Waals surface area (Å²) in [4.78, 5) is 28.1. The van der Waals surface area contributed by atoms with E-state index in [1.54, 1.807) is 36.4 Å². The maximum absolute atomic E-state index is 13.9. The van der Waals surface area contributed by atoms with Gasteiger partial charge >= 0.3 is 11.4 Å². The summed E-state index contributed by atoms with van der Waals surface area (Å²) in [5.41, 5.74) is 7.18. The highest BCUT2D eigenvalue weighted by atomic mass is 35.5. The number of carbonyl (C=O) groups is 2. The first kappa shape index (κ1) is 24.1. The molecule has 2 heterocycles. The molecular weight excluding hydrogens is 489 g/mol. The largest absolute Gasteiger partial charge is 0.488 e. The number of pyridine rings is 1. The molecule has 1 aliphatic heterocycles. The van der Waals surface area contributed by atoms with Crippen molar-refractivity contribution in [1.29, 1.82) is 0 Å². The van der Waals surface area contributed by atoms with Gasteiger partial charge in [-0.05, 0) is 60.0 Å². The van der Waals surface area contributed by atoms with Crippen LogP contribution in [0.5, 0.6) is 11.5 Å². The van der Waals surface area contributed by atoms with Gasteiger partial charge in [-0.3, -0.25) is 14.6 Å². The van der Waals surface area contributed by atoms with E-state index in [0.29, 0.717) is 24.2 Å². The van der Waals surface area contributed by atoms with Crippen molar-refractivity contribution in [3.05, 3.63) is 77.6 Å². The lowest BCUT2D eigenvalue weighted by Gasteiger charge is -2.33. The monoisotopic (exact) mass is 506 g/mol. The molecule has 2 aromatic carbocycles. The summed E-state index contributed by atoms with van der Waals surface area (Å²) in [6, 6.07) is 13.5. The molecule has 2 amide bonds. The predicted octanol–water partition coefficient (Wildman–Crippen LogP) is 4.31. The van der Waals surface area contributed by atoms with E-state index in [0.717, 1.165) is 17.7 Å². The van der Waals surface area contributed by atoms with Gasteiger partial charge in [0.1, 0.15) is 5.69 Å². The molecule has 0 radical (unpaired) electrons. The Bertz CT molecular complexity index is 1290. The van der Waals surface area contributed by atoms with Gasteiger partial charge in [0.25, 0.3) is 11.8 Å². The Hall–Kier alpha value is -3.99. The third kappa shape index (κ3) is 5.24. The number of rotatable bonds is 7. The summed E-state index contributed by atoms with van der Waals surface area (Å²) < 4.78 is 49.8. The number of nitrogens with one attached hydrogen (secondary N) is 2. The fourth-order valence-corrected chi connectivity index (χ4v) is 3.41. The zero-order valence-corrected chi connectivity index (χ0v) is 18.6. The number of amides is 2. The highest BCUT2D eigenvalue weighted by Crippen LogP contribution is 2.48. The molecule has 35 heavy (non-hydrogen) atoms. The van der Waals surface area contributed by atoms with E-state index in [1.165, 1.54) is 12.3 Å². The van der Waals surface area contributed by atoms with Crippen LogP contribution in [0.1, 0.15) is 26.4 Å². The normalized spacial score (nSPS) is 17.9. The SMILES string of the molecule is NC(=O)c1cc(CCNc2ccccc2C(=O)Nc2ccc3c(c2)OC(F)(Cl)C(F)(F)O3)ccn1. The summed E-state index contributed by atoms with van der Waals surface area (Å²) in [7, 11) is 0. The van der Waals surface area contributed by atoms with Crippen molar-refractivity contribution in [2.45, 2.75) is 17.8 Å². The van der Waals surface area contributed by atoms with Gasteiger partial charge in [-0.1, -0.05) is 12.1 Å². The number of ether oxygens (including phenoxy) is 2. The predicted molar refractivity (Wildman–Crippen MR) is 122 cm³/mol. The first-order valence-corrected chi connectivity index (χ1v) is 10.6. The molecule has 8 nitrogen and oxygen atoms in total. The first-order valence-electron chi connectivity index (χ1n) is 10.2. The number of halogens is 4. The Morgan fingerprint density at radius 3 is 2.57 bits per heavy atom. The van der Waals surface area contributed by atoms with Crippen LogP contribution in [-0.4, -0.2) is 34.8 Å². The molecule has 1 atom stereocenters. The lowest BCUT2D eigenvalue weighted by atomic mass is 10.1. The van der Waals surface area contributed by atoms with E-state index >= 15 is 0 Å². The Kier molecular flexibility index (Phi) is 6.44. The Labute approximate surface area is 202 Å². The number of nitrogens with zero attached hydrogens (tertiary/aromatic N) is 1. The molecule has 0 bridgehead atoms. The van der Waals surface area contributed by atoms with Crippen LogP contribution in [0.3, 0.4) is 0 Å². The number of anilines is 2. The molecule has 0 aliphatic carbocycles. The summed E-state index contributed by atoms with van der Waals surface area (Å²) in [5.74, 6) is -1.98. The van der Waals surface area contributed by atoms with Crippen molar-refractivity contribution in [2.75, 3.05) is 17.2 Å². The lowest BCUT2D eigenvalue weighted by Crippen LogP contribution is -2.51. The lowest BCUT2D eigenvalue weighted by molar-refractivity contribution is -0.303. The Morgan fingerprint density at radius 1 is 1.03 bits per heavy atom. The summed E-state index contributed by atoms with van der Waals surface area (Å²) in [6.07, 6.45) is -2.38. The van der Waals surface area contributed by atoms with Crippen molar-refractivity contribution in [1.82, 2.24) is 4.98 Å². The van der Waals surface area contributed by atoms with E-state index in [1.807, 2.05) is 0 Å². The van der Waals surface area contributed by atoms with Gasteiger partial charge < -0.3 is 25.8 Å². The smallest absolute Gasteiger partial charge is 0.434 e. The second-order valence-corrected chi connectivity index (χ2v) is 7.98. The fraction of sp³-hybridized carbons (Fsp3) is 0.174. The minimum absolute atomic E-state index is 0.139. The molecule has 4 rings (SSSR count). The van der Waals surface area contributed by atoms with Gasteiger partial charge in [0.15, 0.2) is 11.5 Å². The van der Waals surface area contributed by atoms with E-state index in [4.69, 9.17) is 17.3 Å². The molecule has 3 aromatic rings. The number of hydrogen-bond donors (Lipinski definition) is 3. The highest BCUT2D eigenvalue weighted by molar-refractivity contribution is 6.22. The number of primary amides is 1. The average Bonchev–Trinajstić information content (AvgIpc) is 2.80. The van der Waals surface area contributed by atoms with Crippen LogP contribution in [-0.2, 0) is 6.42 Å². The number of carbonyl (C=O) groups excluding carboxylic acids is 2. The molecule has 1 aromatic heterocycles. The van der Waals surface area contributed by atoms with E-state index < -0.39 is 34.7 Å². The van der Waals surface area contributed by atoms with Gasteiger partial charge in [-0.2, -0.15) is 13.2 Å². The van der Waals surface area contributed by atoms with Crippen molar-refractivity contribution < 1.29 is 32.2 Å². The standard InChI is InChI=1S/C23H18ClF3N4O4/c24-22(25)23(26,27)35-18-6-5-14(12-19(18)34-22)31-21(33)15-3-1-2-4-16(15)29-9-7-13-8-10-30-17(11-13)20(28)32/h1-6,8,10-12,29H,7,9H2,(H2,28,32)(H,31,33). The Morgan fingerprint density at radius 2 is 1.80 bits per heavy atom. The van der Waals surface area contributed by atoms with Gasteiger partial charge in [0.05, 0.1) is 5.56 Å². The van der Waals surface area contributed by atoms with Crippen molar-refractivity contribution in [2.24, 2.45) is 5.73 Å². The number of alkyl halides is 4. The molecule has 12 heteroatoms. The van der Waals surface area contributed by atoms with Crippen molar-refractivity contribution in [3.63, 3.8) is 0 Å². The van der Waals surface area contributed by atoms with Crippen LogP contribution in [0.4, 0.5) is 24.5 Å². The van der Waals surface area contributed by atoms with Crippen molar-refractivity contribution >= 4 is 34.8 Å². The number of fused-ring (bicyclic) bond motifs is 1. The zero-order valence-electron chi connectivity index (χ0n) is 17.9. The number of benzene rings is 2. The molecule has 182 valence electrons. The van der Waals surface area contributed by atoms with E-state index in [-0.39, 0.29) is 11.4 Å². The third-order valence-corrected chi connectivity index (χ3v) is 5.29. The number of nitrogens with two attached hydrogens (primary N) is 1. The maximum Gasteiger partial charge on any atom is 0.488 e. The molecule has 0 saturated carbocycles. The quantitative estimate of drug-likeness (QED) is 0.411. The van der Waals surface area contributed by atoms with Crippen LogP contribution in [0.25, 0.3) is 0 Å². The molecule has 0 spiro atoms. The van der Waals surface area contributed by atoms with Crippen LogP contribution in [0.2, 0.25) is 0 Å². The number of para-hydroxylation sites is 1. The Balaban J connectivity index is 1.44. The van der Waals surface area contributed by atoms with Crippen LogP contribution >= 0.6 is 11.6 Å². The topological polar surface area (TPSA) is 116 Å². The van der Waals surface area contributed by atoms with E-state index in [2.05, 4.69) is 25.1 Å². The van der Waals surface area contributed by atoms with Gasteiger partial charge in [0, 0.05) is 30.2 Å². The second-order valence-electron chi connectivity index (χ2n) is 7.49. The fourth-order valence-electron chi connectivity index (χ4n) is 3.28. The number of hydrogen-bond acceptors (Lipinski definition) is 6. The molecule has 0 fully saturated rings. The summed E-state index contributed by atoms with van der Waals surface area (Å²) >= 11 is 5.10. The molecule has 0 saturated heterocycles. The van der Waals surface area contributed by atoms with Crippen LogP contribution in [0, 0.1) is 0 Å². The second kappa shape index (κ2) is 9.34. The van der Waals surface area contributed by atoms with Crippen LogP contribution < -0.4 is 25.8 Å².